The summed E-state index contributed by atoms with van der Waals surface area (Å²) in [5.41, 5.74) is 3.01. The van der Waals surface area contributed by atoms with Gasteiger partial charge in [-0.2, -0.15) is 0 Å². The van der Waals surface area contributed by atoms with Crippen molar-refractivity contribution >= 4 is 27.5 Å². The fourth-order valence-corrected chi connectivity index (χ4v) is 1.93. The van der Waals surface area contributed by atoms with E-state index in [1.165, 1.54) is 5.56 Å². The summed E-state index contributed by atoms with van der Waals surface area (Å²) in [5, 5.41) is 7.86. The zero-order chi connectivity index (χ0) is 10.8. The van der Waals surface area contributed by atoms with E-state index in [0.29, 0.717) is 5.88 Å². The van der Waals surface area contributed by atoms with E-state index in [1.54, 1.807) is 10.9 Å². The molecule has 0 atom stereocenters. The highest BCUT2D eigenvalue weighted by Crippen LogP contribution is 2.22. The first-order valence-electron chi connectivity index (χ1n) is 4.44. The van der Waals surface area contributed by atoms with Crippen molar-refractivity contribution in [3.8, 4) is 5.69 Å². The lowest BCUT2D eigenvalue weighted by atomic mass is 10.2. The van der Waals surface area contributed by atoms with Crippen LogP contribution in [-0.2, 0) is 5.88 Å². The second-order valence-electron chi connectivity index (χ2n) is 3.23. The van der Waals surface area contributed by atoms with Crippen molar-refractivity contribution in [1.29, 1.82) is 0 Å². The molecule has 0 saturated carbocycles. The van der Waals surface area contributed by atoms with Crippen molar-refractivity contribution in [2.45, 2.75) is 12.8 Å². The molecule has 78 valence electrons. The third-order valence-corrected chi connectivity index (χ3v) is 3.03. The fraction of sp³-hybridized carbons (Fsp3) is 0.200. The topological polar surface area (TPSA) is 30.7 Å². The number of benzene rings is 1. The van der Waals surface area contributed by atoms with Crippen LogP contribution in [0.25, 0.3) is 5.69 Å². The summed E-state index contributed by atoms with van der Waals surface area (Å²) in [6.07, 6.45) is 1.67. The van der Waals surface area contributed by atoms with Gasteiger partial charge in [0.2, 0.25) is 0 Å². The molecule has 0 radical (unpaired) electrons. The van der Waals surface area contributed by atoms with Crippen LogP contribution in [0.1, 0.15) is 11.3 Å². The molecule has 15 heavy (non-hydrogen) atoms. The summed E-state index contributed by atoms with van der Waals surface area (Å²) in [7, 11) is 0. The first kappa shape index (κ1) is 10.6. The molecule has 1 aromatic carbocycles. The summed E-state index contributed by atoms with van der Waals surface area (Å²) in [4.78, 5) is 0. The molecule has 0 amide bonds. The monoisotopic (exact) mass is 285 g/mol. The number of halogens is 2. The van der Waals surface area contributed by atoms with Crippen molar-refractivity contribution < 1.29 is 0 Å². The second-order valence-corrected chi connectivity index (χ2v) is 4.35. The summed E-state index contributed by atoms with van der Waals surface area (Å²) in [6, 6.07) is 6.06. The largest absolute Gasteiger partial charge is 0.215 e. The van der Waals surface area contributed by atoms with Gasteiger partial charge in [-0.15, -0.1) is 16.7 Å². The highest BCUT2D eigenvalue weighted by Gasteiger charge is 2.08. The molecule has 1 aromatic heterocycles. The highest BCUT2D eigenvalue weighted by atomic mass is 79.9. The molecule has 0 aliphatic carbocycles. The Balaban J connectivity index is 2.58. The zero-order valence-corrected chi connectivity index (χ0v) is 10.5. The van der Waals surface area contributed by atoms with Crippen molar-refractivity contribution in [3.05, 3.63) is 40.1 Å². The van der Waals surface area contributed by atoms with Gasteiger partial charge in [-0.3, -0.25) is 0 Å². The van der Waals surface area contributed by atoms with E-state index < -0.39 is 0 Å². The quantitative estimate of drug-likeness (QED) is 0.794. The molecule has 3 nitrogen and oxygen atoms in total. The van der Waals surface area contributed by atoms with Crippen molar-refractivity contribution in [2.75, 3.05) is 0 Å². The Morgan fingerprint density at radius 3 is 3.00 bits per heavy atom. The van der Waals surface area contributed by atoms with Crippen LogP contribution in [-0.4, -0.2) is 15.0 Å². The molecule has 0 aliphatic rings. The number of nitrogens with zero attached hydrogens (tertiary/aromatic N) is 3. The SMILES string of the molecule is Cc1ccc(Br)c(-n2nncc2CCl)c1. The average Bonchev–Trinajstić information content (AvgIpc) is 2.69. The minimum atomic E-state index is 0.396. The molecule has 5 heteroatoms. The average molecular weight is 287 g/mol. The minimum Gasteiger partial charge on any atom is -0.215 e. The zero-order valence-electron chi connectivity index (χ0n) is 8.11. The third-order valence-electron chi connectivity index (χ3n) is 2.09. The summed E-state index contributed by atoms with van der Waals surface area (Å²) < 4.78 is 2.72. The molecule has 0 N–H and O–H groups in total. The molecule has 1 heterocycles. The molecule has 0 fully saturated rings. The van der Waals surface area contributed by atoms with E-state index in [1.807, 2.05) is 25.1 Å². The number of aromatic nitrogens is 3. The minimum absolute atomic E-state index is 0.396. The van der Waals surface area contributed by atoms with Crippen LogP contribution in [0.3, 0.4) is 0 Å². The van der Waals surface area contributed by atoms with Crippen LogP contribution >= 0.6 is 27.5 Å². The fourth-order valence-electron chi connectivity index (χ4n) is 1.34. The van der Waals surface area contributed by atoms with E-state index in [-0.39, 0.29) is 0 Å². The Kier molecular flexibility index (Phi) is 3.07. The Morgan fingerprint density at radius 1 is 1.47 bits per heavy atom. The van der Waals surface area contributed by atoms with Crippen LogP contribution in [0.4, 0.5) is 0 Å². The van der Waals surface area contributed by atoms with Crippen molar-refractivity contribution in [2.24, 2.45) is 0 Å². The molecule has 0 unspecified atom stereocenters. The summed E-state index contributed by atoms with van der Waals surface area (Å²) >= 11 is 9.28. The smallest absolute Gasteiger partial charge is 0.0811 e. The number of hydrogen-bond donors (Lipinski definition) is 0. The van der Waals surface area contributed by atoms with Gasteiger partial charge in [-0.25, -0.2) is 4.68 Å². The first-order valence-corrected chi connectivity index (χ1v) is 5.77. The molecule has 0 spiro atoms. The van der Waals surface area contributed by atoms with Crippen LogP contribution in [0.15, 0.2) is 28.9 Å². The van der Waals surface area contributed by atoms with Crippen molar-refractivity contribution in [1.82, 2.24) is 15.0 Å². The van der Waals surface area contributed by atoms with Gasteiger partial charge in [0.25, 0.3) is 0 Å². The molecule has 2 aromatic rings. The van der Waals surface area contributed by atoms with E-state index >= 15 is 0 Å². The lowest BCUT2D eigenvalue weighted by molar-refractivity contribution is 0.778. The molecule has 0 saturated heterocycles. The number of aryl methyl sites for hydroxylation is 1. The Labute approximate surface area is 101 Å². The maximum Gasteiger partial charge on any atom is 0.0811 e. The number of alkyl halides is 1. The second kappa shape index (κ2) is 4.33. The van der Waals surface area contributed by atoms with Gasteiger partial charge in [-0.05, 0) is 40.5 Å². The highest BCUT2D eigenvalue weighted by molar-refractivity contribution is 9.10. The Morgan fingerprint density at radius 2 is 2.27 bits per heavy atom. The van der Waals surface area contributed by atoms with E-state index in [2.05, 4.69) is 26.2 Å². The predicted molar refractivity (Wildman–Crippen MR) is 63.4 cm³/mol. The van der Waals surface area contributed by atoms with Gasteiger partial charge in [-0.1, -0.05) is 11.3 Å². The summed E-state index contributed by atoms with van der Waals surface area (Å²) in [6.45, 7) is 2.03. The van der Waals surface area contributed by atoms with Gasteiger partial charge < -0.3 is 0 Å². The van der Waals surface area contributed by atoms with Crippen LogP contribution in [0.2, 0.25) is 0 Å². The predicted octanol–water partition coefficient (Wildman–Crippen LogP) is 3.08. The lowest BCUT2D eigenvalue weighted by Crippen LogP contribution is -2.02. The normalized spacial score (nSPS) is 10.6. The number of rotatable bonds is 2. The Hall–Kier alpha value is -0.870. The first-order chi connectivity index (χ1) is 7.22. The van der Waals surface area contributed by atoms with Gasteiger partial charge in [0, 0.05) is 4.47 Å². The van der Waals surface area contributed by atoms with Crippen LogP contribution < -0.4 is 0 Å². The number of hydrogen-bond acceptors (Lipinski definition) is 2. The lowest BCUT2D eigenvalue weighted by Gasteiger charge is -2.07. The molecular weight excluding hydrogens is 277 g/mol. The molecule has 2 rings (SSSR count). The third kappa shape index (κ3) is 2.06. The maximum atomic E-state index is 5.80. The van der Waals surface area contributed by atoms with E-state index in [0.717, 1.165) is 15.9 Å². The van der Waals surface area contributed by atoms with Gasteiger partial charge in [0.1, 0.15) is 0 Å². The van der Waals surface area contributed by atoms with Gasteiger partial charge in [0.05, 0.1) is 23.5 Å². The summed E-state index contributed by atoms with van der Waals surface area (Å²) in [5.74, 6) is 0.396. The molecule has 0 aliphatic heterocycles. The molecule has 0 bridgehead atoms. The van der Waals surface area contributed by atoms with E-state index in [4.69, 9.17) is 11.6 Å². The van der Waals surface area contributed by atoms with Gasteiger partial charge in [0.15, 0.2) is 0 Å². The molecular formula is C10H9BrClN3. The van der Waals surface area contributed by atoms with Crippen LogP contribution in [0.5, 0.6) is 0 Å². The van der Waals surface area contributed by atoms with E-state index in [9.17, 15) is 0 Å². The van der Waals surface area contributed by atoms with Gasteiger partial charge >= 0.3 is 0 Å². The maximum absolute atomic E-state index is 5.80. The Bertz CT molecular complexity index is 481. The van der Waals surface area contributed by atoms with Crippen molar-refractivity contribution in [3.63, 3.8) is 0 Å². The van der Waals surface area contributed by atoms with Crippen LogP contribution in [0, 0.1) is 6.92 Å². The standard InChI is InChI=1S/C10H9BrClN3/c1-7-2-3-9(11)10(4-7)15-8(5-12)6-13-14-15/h2-4,6H,5H2,1H3.